The molecule has 4 rings (SSSR count). The molecule has 0 spiro atoms. The number of sulfonamides is 1. The molecule has 4 aliphatic rings. The molecule has 0 aromatic rings. The molecule has 24 heavy (non-hydrogen) atoms. The van der Waals surface area contributed by atoms with Crippen molar-refractivity contribution in [3.8, 4) is 0 Å². The van der Waals surface area contributed by atoms with Gasteiger partial charge in [-0.1, -0.05) is 4.47 Å². The Labute approximate surface area is 138 Å². The van der Waals surface area contributed by atoms with E-state index >= 15 is 0 Å². The molecule has 0 aromatic heterocycles. The smallest absolute Gasteiger partial charge is 0.354 e. The molecule has 0 atom stereocenters. The van der Waals surface area contributed by atoms with Gasteiger partial charge >= 0.3 is 15.5 Å². The molecule has 138 valence electrons. The monoisotopic (exact) mass is 370 g/mol. The molecule has 0 saturated heterocycles. The van der Waals surface area contributed by atoms with Crippen LogP contribution in [0.1, 0.15) is 38.5 Å². The molecule has 0 unspecified atom stereocenters. The van der Waals surface area contributed by atoms with Crippen molar-refractivity contribution >= 4 is 15.9 Å². The van der Waals surface area contributed by atoms with Crippen LogP contribution in [0.15, 0.2) is 0 Å². The first kappa shape index (κ1) is 17.9. The van der Waals surface area contributed by atoms with E-state index in [2.05, 4.69) is 5.32 Å². The Morgan fingerprint density at radius 3 is 2.00 bits per heavy atom. The lowest BCUT2D eigenvalue weighted by Crippen LogP contribution is -2.54. The van der Waals surface area contributed by atoms with Crippen molar-refractivity contribution in [3.05, 3.63) is 0 Å². The summed E-state index contributed by atoms with van der Waals surface area (Å²) in [6.45, 7) is -1.19. The third-order valence-corrected chi connectivity index (χ3v) is 7.00. The molecule has 0 aliphatic heterocycles. The molecule has 4 aliphatic carbocycles. The van der Waals surface area contributed by atoms with Gasteiger partial charge in [0.25, 0.3) is 0 Å². The topological polar surface area (TPSA) is 86.7 Å². The highest BCUT2D eigenvalue weighted by atomic mass is 32.2. The Hall–Kier alpha value is -0.870. The highest BCUT2D eigenvalue weighted by Crippen LogP contribution is 2.60. The van der Waals surface area contributed by atoms with Gasteiger partial charge in [-0.05, 0) is 56.3 Å². The molecule has 4 saturated carbocycles. The minimum atomic E-state index is -5.78. The minimum absolute atomic E-state index is 0.223. The van der Waals surface area contributed by atoms with Crippen molar-refractivity contribution < 1.29 is 31.6 Å². The normalized spacial score (nSPS) is 35.5. The summed E-state index contributed by atoms with van der Waals surface area (Å²) in [7, 11) is -5.78. The predicted octanol–water partition coefficient (Wildman–Crippen LogP) is 1.86. The van der Waals surface area contributed by atoms with Crippen LogP contribution in [0.2, 0.25) is 0 Å². The van der Waals surface area contributed by atoms with Gasteiger partial charge in [-0.3, -0.25) is 10.0 Å². The van der Waals surface area contributed by atoms with Gasteiger partial charge in [-0.15, -0.1) is 0 Å². The zero-order valence-electron chi connectivity index (χ0n) is 13.1. The first-order chi connectivity index (χ1) is 11.0. The van der Waals surface area contributed by atoms with E-state index in [-0.39, 0.29) is 12.5 Å². The van der Waals surface area contributed by atoms with E-state index in [1.54, 1.807) is 0 Å². The number of rotatable bonds is 5. The number of hydroxylamine groups is 1. The van der Waals surface area contributed by atoms with Crippen LogP contribution in [0.5, 0.6) is 0 Å². The van der Waals surface area contributed by atoms with Gasteiger partial charge in [0.15, 0.2) is 0 Å². The average Bonchev–Trinajstić information content (AvgIpc) is 2.44. The van der Waals surface area contributed by atoms with Crippen LogP contribution in [-0.2, 0) is 14.8 Å². The number of amides is 1. The van der Waals surface area contributed by atoms with E-state index < -0.39 is 32.0 Å². The van der Waals surface area contributed by atoms with Crippen molar-refractivity contribution in [3.63, 3.8) is 0 Å². The van der Waals surface area contributed by atoms with Gasteiger partial charge in [0.05, 0.1) is 6.54 Å². The van der Waals surface area contributed by atoms with E-state index in [1.165, 1.54) is 0 Å². The molecule has 2 N–H and O–H groups in total. The molecular formula is C14H21F3N2O4S. The Balaban J connectivity index is 1.55. The van der Waals surface area contributed by atoms with Gasteiger partial charge in [0, 0.05) is 12.0 Å². The Morgan fingerprint density at radius 2 is 1.58 bits per heavy atom. The number of nitrogens with one attached hydrogen (secondary N) is 1. The van der Waals surface area contributed by atoms with Gasteiger partial charge in [-0.2, -0.15) is 13.2 Å². The summed E-state index contributed by atoms with van der Waals surface area (Å²) in [4.78, 5) is 12.5. The largest absolute Gasteiger partial charge is 0.513 e. The minimum Gasteiger partial charge on any atom is -0.354 e. The summed E-state index contributed by atoms with van der Waals surface area (Å²) in [6, 6.07) is 0. The van der Waals surface area contributed by atoms with E-state index in [9.17, 15) is 26.4 Å². The number of alkyl halides is 3. The fraction of sp³-hybridized carbons (Fsp3) is 0.929. The lowest BCUT2D eigenvalue weighted by atomic mass is 9.49. The highest BCUT2D eigenvalue weighted by Gasteiger charge is 2.54. The van der Waals surface area contributed by atoms with Gasteiger partial charge in [0.1, 0.15) is 0 Å². The summed E-state index contributed by atoms with van der Waals surface area (Å²) >= 11 is 0. The molecule has 6 nitrogen and oxygen atoms in total. The molecule has 4 bridgehead atoms. The maximum atomic E-state index is 12.5. The highest BCUT2D eigenvalue weighted by molar-refractivity contribution is 7.89. The number of hydrogen-bond donors (Lipinski definition) is 2. The zero-order valence-corrected chi connectivity index (χ0v) is 13.9. The molecule has 1 amide bonds. The summed E-state index contributed by atoms with van der Waals surface area (Å²) in [5.74, 6) is 1.41. The Kier molecular flexibility index (Phi) is 4.37. The van der Waals surface area contributed by atoms with Gasteiger partial charge < -0.3 is 5.32 Å². The molecule has 0 aromatic carbocycles. The SMILES string of the molecule is O=C(NCCN(O)S(=O)(=O)C(F)(F)F)C12CC3CC(CC(C3)C1)C2. The fourth-order valence-electron chi connectivity index (χ4n) is 5.08. The summed E-state index contributed by atoms with van der Waals surface area (Å²) < 4.78 is 58.1. The summed E-state index contributed by atoms with van der Waals surface area (Å²) in [6.07, 6.45) is 5.86. The number of halogens is 3. The van der Waals surface area contributed by atoms with Crippen LogP contribution in [0.25, 0.3) is 0 Å². The predicted molar refractivity (Wildman–Crippen MR) is 77.1 cm³/mol. The fourth-order valence-corrected chi connectivity index (χ4v) is 5.65. The van der Waals surface area contributed by atoms with Crippen molar-refractivity contribution in [2.45, 2.75) is 44.0 Å². The van der Waals surface area contributed by atoms with Crippen molar-refractivity contribution in [2.75, 3.05) is 13.1 Å². The van der Waals surface area contributed by atoms with Crippen LogP contribution in [0.4, 0.5) is 13.2 Å². The second-order valence-corrected chi connectivity index (χ2v) is 9.28. The quantitative estimate of drug-likeness (QED) is 0.724. The molecular weight excluding hydrogens is 349 g/mol. The lowest BCUT2D eigenvalue weighted by molar-refractivity contribution is -0.146. The number of carbonyl (C=O) groups excluding carboxylic acids is 1. The third-order valence-electron chi connectivity index (χ3n) is 5.68. The number of nitrogens with zero attached hydrogens (tertiary/aromatic N) is 1. The first-order valence-electron chi connectivity index (χ1n) is 8.10. The second-order valence-electron chi connectivity index (χ2n) is 7.45. The number of hydrogen-bond acceptors (Lipinski definition) is 4. The maximum Gasteiger partial charge on any atom is 0.513 e. The molecule has 4 fully saturated rings. The van der Waals surface area contributed by atoms with Gasteiger partial charge in [-0.25, -0.2) is 8.42 Å². The number of carbonyl (C=O) groups is 1. The van der Waals surface area contributed by atoms with Gasteiger partial charge in [0.2, 0.25) is 5.91 Å². The van der Waals surface area contributed by atoms with E-state index in [4.69, 9.17) is 5.21 Å². The molecule has 0 heterocycles. The Morgan fingerprint density at radius 1 is 1.12 bits per heavy atom. The molecule has 10 heteroatoms. The van der Waals surface area contributed by atoms with Crippen LogP contribution < -0.4 is 5.32 Å². The second kappa shape index (κ2) is 5.84. The van der Waals surface area contributed by atoms with Crippen LogP contribution in [-0.4, -0.2) is 42.6 Å². The lowest BCUT2D eigenvalue weighted by Gasteiger charge is -2.55. The van der Waals surface area contributed by atoms with Crippen molar-refractivity contribution in [1.29, 1.82) is 0 Å². The summed E-state index contributed by atoms with van der Waals surface area (Å²) in [5, 5.41) is 11.7. The maximum absolute atomic E-state index is 12.5. The van der Waals surface area contributed by atoms with E-state index in [0.717, 1.165) is 38.5 Å². The van der Waals surface area contributed by atoms with E-state index in [0.29, 0.717) is 17.8 Å². The summed E-state index contributed by atoms with van der Waals surface area (Å²) in [5.41, 5.74) is -6.02. The zero-order chi connectivity index (χ0) is 17.8. The standard InChI is InChI=1S/C14H21F3N2O4S/c15-14(16,17)24(22,23)19(21)2-1-18-12(20)13-6-9-3-10(7-13)5-11(4-9)8-13/h9-11,21H,1-8H2,(H,18,20). The van der Waals surface area contributed by atoms with Crippen molar-refractivity contribution in [2.24, 2.45) is 23.2 Å². The van der Waals surface area contributed by atoms with Crippen LogP contribution >= 0.6 is 0 Å². The van der Waals surface area contributed by atoms with E-state index in [1.807, 2.05) is 0 Å². The average molecular weight is 370 g/mol. The van der Waals surface area contributed by atoms with Crippen LogP contribution in [0, 0.1) is 23.2 Å². The van der Waals surface area contributed by atoms with Crippen molar-refractivity contribution in [1.82, 2.24) is 9.79 Å². The Bertz CT molecular complexity index is 585. The third kappa shape index (κ3) is 3.03. The first-order valence-corrected chi connectivity index (χ1v) is 9.54. The van der Waals surface area contributed by atoms with Crippen LogP contribution in [0.3, 0.4) is 0 Å². The molecule has 0 radical (unpaired) electrons.